The van der Waals surface area contributed by atoms with E-state index in [1.807, 2.05) is 43.9 Å². The highest BCUT2D eigenvalue weighted by Gasteiger charge is 2.11. The first kappa shape index (κ1) is 15.0. The molecule has 0 aliphatic carbocycles. The Bertz CT molecular complexity index is 819. The summed E-state index contributed by atoms with van der Waals surface area (Å²) in [5, 5.41) is 12.5. The highest BCUT2D eigenvalue weighted by Crippen LogP contribution is 2.33. The van der Waals surface area contributed by atoms with E-state index in [0.29, 0.717) is 12.4 Å². The first-order chi connectivity index (χ1) is 10.5. The zero-order valence-electron chi connectivity index (χ0n) is 13.0. The Hall–Kier alpha value is -1.94. The number of fused-ring (bicyclic) bond motifs is 1. The van der Waals surface area contributed by atoms with Crippen LogP contribution in [0.2, 0.25) is 0 Å². The molecule has 0 aliphatic rings. The first-order valence-electron chi connectivity index (χ1n) is 7.20. The van der Waals surface area contributed by atoms with E-state index in [0.717, 1.165) is 26.4 Å². The molecule has 1 heterocycles. The van der Waals surface area contributed by atoms with Crippen LogP contribution in [0.15, 0.2) is 47.1 Å². The minimum absolute atomic E-state index is 0.330. The lowest BCUT2D eigenvalue weighted by molar-refractivity contribution is 0.430. The molecule has 0 bridgehead atoms. The molecular weight excluding hydrogens is 340 g/mol. The summed E-state index contributed by atoms with van der Waals surface area (Å²) >= 11 is 3.51. The third-order valence-electron chi connectivity index (χ3n) is 3.93. The smallest absolute Gasteiger partial charge is 0.199 e. The van der Waals surface area contributed by atoms with Gasteiger partial charge in [0.25, 0.3) is 0 Å². The Morgan fingerprint density at radius 2 is 1.82 bits per heavy atom. The third-order valence-corrected chi connectivity index (χ3v) is 4.38. The van der Waals surface area contributed by atoms with Gasteiger partial charge in [-0.25, -0.2) is 0 Å². The second-order valence-electron chi connectivity index (χ2n) is 5.83. The predicted octanol–water partition coefficient (Wildman–Crippen LogP) is 4.53. The van der Waals surface area contributed by atoms with Gasteiger partial charge < -0.3 is 14.6 Å². The Labute approximate surface area is 138 Å². The number of aryl methyl sites for hydroxylation is 1. The van der Waals surface area contributed by atoms with Crippen molar-refractivity contribution in [3.63, 3.8) is 0 Å². The predicted molar refractivity (Wildman–Crippen MR) is 95.9 cm³/mol. The van der Waals surface area contributed by atoms with Crippen molar-refractivity contribution in [2.24, 2.45) is 0 Å². The van der Waals surface area contributed by atoms with E-state index in [4.69, 9.17) is 0 Å². The number of halogens is 1. The van der Waals surface area contributed by atoms with Gasteiger partial charge in [-0.2, -0.15) is 0 Å². The number of aromatic nitrogens is 1. The van der Waals surface area contributed by atoms with Crippen molar-refractivity contribution in [1.29, 1.82) is 0 Å². The van der Waals surface area contributed by atoms with Gasteiger partial charge in [-0.1, -0.05) is 28.1 Å². The molecule has 3 rings (SSSR count). The molecule has 1 N–H and O–H groups in total. The zero-order chi connectivity index (χ0) is 15.9. The summed E-state index contributed by atoms with van der Waals surface area (Å²) < 4.78 is 2.93. The molecule has 3 aromatic rings. The molecule has 22 heavy (non-hydrogen) atoms. The van der Waals surface area contributed by atoms with Crippen molar-refractivity contribution < 1.29 is 5.11 Å². The summed E-state index contributed by atoms with van der Waals surface area (Å²) in [6.07, 6.45) is 2.00. The van der Waals surface area contributed by atoms with Gasteiger partial charge in [-0.15, -0.1) is 0 Å². The van der Waals surface area contributed by atoms with E-state index in [-0.39, 0.29) is 0 Å². The van der Waals surface area contributed by atoms with Crippen molar-refractivity contribution >= 4 is 32.4 Å². The maximum absolute atomic E-state index is 10.5. The van der Waals surface area contributed by atoms with Crippen LogP contribution in [0.3, 0.4) is 0 Å². The Balaban J connectivity index is 1.97. The first-order valence-corrected chi connectivity index (χ1v) is 7.99. The van der Waals surface area contributed by atoms with Crippen LogP contribution in [-0.2, 0) is 6.54 Å². The monoisotopic (exact) mass is 358 g/mol. The fourth-order valence-corrected chi connectivity index (χ4v) is 3.36. The average Bonchev–Trinajstić information content (AvgIpc) is 2.75. The molecule has 0 atom stereocenters. The Kier molecular flexibility index (Phi) is 3.87. The minimum Gasteiger partial charge on any atom is -0.494 e. The minimum atomic E-state index is 0.330. The van der Waals surface area contributed by atoms with Crippen LogP contribution < -0.4 is 4.90 Å². The number of nitrogens with zero attached hydrogens (tertiary/aromatic N) is 2. The molecule has 4 heteroatoms. The average molecular weight is 359 g/mol. The lowest BCUT2D eigenvalue weighted by atomic mass is 10.1. The van der Waals surface area contributed by atoms with Crippen LogP contribution in [0, 0.1) is 6.92 Å². The van der Waals surface area contributed by atoms with Gasteiger partial charge in [0.05, 0.1) is 6.54 Å². The summed E-state index contributed by atoms with van der Waals surface area (Å²) in [5.41, 5.74) is 3.41. The third kappa shape index (κ3) is 2.71. The summed E-state index contributed by atoms with van der Waals surface area (Å²) in [7, 11) is 4.06. The van der Waals surface area contributed by atoms with E-state index < -0.39 is 0 Å². The summed E-state index contributed by atoms with van der Waals surface area (Å²) in [4.78, 5) is 2.08. The molecule has 1 aromatic heterocycles. The fraction of sp³-hybridized carbons (Fsp3) is 0.222. The molecule has 0 unspecified atom stereocenters. The normalized spacial score (nSPS) is 11.1. The number of hydrogen-bond acceptors (Lipinski definition) is 2. The van der Waals surface area contributed by atoms with Crippen LogP contribution in [-0.4, -0.2) is 23.8 Å². The summed E-state index contributed by atoms with van der Waals surface area (Å²) in [6.45, 7) is 2.67. The van der Waals surface area contributed by atoms with Crippen molar-refractivity contribution in [3.8, 4) is 5.88 Å². The molecule has 3 nitrogen and oxygen atoms in total. The number of aromatic hydroxyl groups is 1. The van der Waals surface area contributed by atoms with Crippen LogP contribution in [0.4, 0.5) is 5.69 Å². The topological polar surface area (TPSA) is 28.4 Å². The number of rotatable bonds is 3. The molecule has 0 fully saturated rings. The second-order valence-corrected chi connectivity index (χ2v) is 6.74. The van der Waals surface area contributed by atoms with Gasteiger partial charge in [0, 0.05) is 41.2 Å². The summed E-state index contributed by atoms with van der Waals surface area (Å²) in [5.74, 6) is 0.330. The SMILES string of the molecule is Cc1cc(Br)cc2cn(Cc3ccc(N(C)C)cc3)c(O)c12. The molecule has 114 valence electrons. The van der Waals surface area contributed by atoms with Gasteiger partial charge in [-0.3, -0.25) is 0 Å². The Morgan fingerprint density at radius 1 is 1.14 bits per heavy atom. The van der Waals surface area contributed by atoms with E-state index in [1.54, 1.807) is 0 Å². The van der Waals surface area contributed by atoms with Gasteiger partial charge in [-0.05, 0) is 42.3 Å². The van der Waals surface area contributed by atoms with Gasteiger partial charge in [0.15, 0.2) is 5.88 Å². The molecule has 0 spiro atoms. The van der Waals surface area contributed by atoms with Crippen molar-refractivity contribution in [3.05, 3.63) is 58.2 Å². The quantitative estimate of drug-likeness (QED) is 0.744. The van der Waals surface area contributed by atoms with Crippen LogP contribution in [0.1, 0.15) is 11.1 Å². The standard InChI is InChI=1S/C18H19BrN2O/c1-12-8-15(19)9-14-11-21(18(22)17(12)14)10-13-4-6-16(7-5-13)20(2)3/h4-9,11,22H,10H2,1-3H3. The van der Waals surface area contributed by atoms with E-state index in [9.17, 15) is 5.11 Å². The lowest BCUT2D eigenvalue weighted by Crippen LogP contribution is -2.08. The molecular formula is C18H19BrN2O. The van der Waals surface area contributed by atoms with Crippen molar-refractivity contribution in [2.45, 2.75) is 13.5 Å². The molecule has 2 aromatic carbocycles. The van der Waals surface area contributed by atoms with E-state index >= 15 is 0 Å². The Morgan fingerprint density at radius 3 is 2.45 bits per heavy atom. The maximum atomic E-state index is 10.5. The van der Waals surface area contributed by atoms with Crippen LogP contribution in [0.25, 0.3) is 10.8 Å². The number of hydrogen-bond donors (Lipinski definition) is 1. The molecule has 0 amide bonds. The highest BCUT2D eigenvalue weighted by atomic mass is 79.9. The largest absolute Gasteiger partial charge is 0.494 e. The van der Waals surface area contributed by atoms with Gasteiger partial charge in [0.2, 0.25) is 0 Å². The highest BCUT2D eigenvalue weighted by molar-refractivity contribution is 9.10. The van der Waals surface area contributed by atoms with E-state index in [1.165, 1.54) is 5.69 Å². The van der Waals surface area contributed by atoms with Crippen LogP contribution in [0.5, 0.6) is 5.88 Å². The molecule has 0 saturated carbocycles. The van der Waals surface area contributed by atoms with Crippen molar-refractivity contribution in [2.75, 3.05) is 19.0 Å². The van der Waals surface area contributed by atoms with Crippen LogP contribution >= 0.6 is 15.9 Å². The van der Waals surface area contributed by atoms with E-state index in [2.05, 4.69) is 45.1 Å². The molecule has 0 saturated heterocycles. The maximum Gasteiger partial charge on any atom is 0.199 e. The number of benzene rings is 2. The lowest BCUT2D eigenvalue weighted by Gasteiger charge is -2.13. The second kappa shape index (κ2) is 5.69. The molecule has 0 aliphatic heterocycles. The molecule has 0 radical (unpaired) electrons. The van der Waals surface area contributed by atoms with Gasteiger partial charge >= 0.3 is 0 Å². The fourth-order valence-electron chi connectivity index (χ4n) is 2.77. The number of anilines is 1. The summed E-state index contributed by atoms with van der Waals surface area (Å²) in [6, 6.07) is 12.4. The van der Waals surface area contributed by atoms with Crippen molar-refractivity contribution in [1.82, 2.24) is 4.57 Å². The zero-order valence-corrected chi connectivity index (χ0v) is 14.6. The van der Waals surface area contributed by atoms with Gasteiger partial charge in [0.1, 0.15) is 0 Å².